The highest BCUT2D eigenvalue weighted by atomic mass is 19.4. The van der Waals surface area contributed by atoms with E-state index in [0.29, 0.717) is 18.0 Å². The molecule has 0 aliphatic heterocycles. The van der Waals surface area contributed by atoms with Gasteiger partial charge < -0.3 is 5.32 Å². The maximum absolute atomic E-state index is 12.6. The van der Waals surface area contributed by atoms with E-state index in [4.69, 9.17) is 0 Å². The Morgan fingerprint density at radius 3 is 2.68 bits per heavy atom. The average Bonchev–Trinajstić information content (AvgIpc) is 3.18. The first-order valence-corrected chi connectivity index (χ1v) is 6.77. The second kappa shape index (κ2) is 5.90. The predicted octanol–water partition coefficient (Wildman–Crippen LogP) is 3.42. The summed E-state index contributed by atoms with van der Waals surface area (Å²) in [5.41, 5.74) is -0.273. The van der Waals surface area contributed by atoms with E-state index in [1.54, 1.807) is 6.07 Å². The molecule has 1 aliphatic carbocycles. The van der Waals surface area contributed by atoms with Crippen molar-refractivity contribution in [3.05, 3.63) is 29.6 Å². The Labute approximate surface area is 111 Å². The Kier molecular flexibility index (Phi) is 4.45. The fraction of sp³-hybridized carbons (Fsp3) is 0.643. The quantitative estimate of drug-likeness (QED) is 0.858. The van der Waals surface area contributed by atoms with Gasteiger partial charge in [0.2, 0.25) is 0 Å². The summed E-state index contributed by atoms with van der Waals surface area (Å²) >= 11 is 0. The van der Waals surface area contributed by atoms with E-state index in [2.05, 4.69) is 17.2 Å². The third kappa shape index (κ3) is 4.20. The van der Waals surface area contributed by atoms with Gasteiger partial charge in [-0.15, -0.1) is 0 Å². The molecule has 1 aromatic rings. The molecule has 0 radical (unpaired) electrons. The van der Waals surface area contributed by atoms with E-state index in [1.165, 1.54) is 18.9 Å². The molecule has 106 valence electrons. The van der Waals surface area contributed by atoms with Crippen LogP contribution in [-0.2, 0) is 12.6 Å². The van der Waals surface area contributed by atoms with Gasteiger partial charge in [0.25, 0.3) is 0 Å². The molecular weight excluding hydrogens is 253 g/mol. The number of nitrogens with one attached hydrogen (secondary N) is 1. The van der Waals surface area contributed by atoms with Gasteiger partial charge in [-0.3, -0.25) is 0 Å². The molecule has 1 N–H and O–H groups in total. The largest absolute Gasteiger partial charge is 0.433 e. The number of hydrogen-bond acceptors (Lipinski definition) is 2. The van der Waals surface area contributed by atoms with Gasteiger partial charge in [0.15, 0.2) is 0 Å². The van der Waals surface area contributed by atoms with Gasteiger partial charge in [-0.2, -0.15) is 13.2 Å². The van der Waals surface area contributed by atoms with Crippen molar-refractivity contribution in [2.75, 3.05) is 6.54 Å². The summed E-state index contributed by atoms with van der Waals surface area (Å²) < 4.78 is 37.8. The Morgan fingerprint density at radius 1 is 1.37 bits per heavy atom. The molecular formula is C14H19F3N2. The normalized spacial score (nSPS) is 17.5. The highest BCUT2D eigenvalue weighted by Gasteiger charge is 2.34. The van der Waals surface area contributed by atoms with Crippen LogP contribution in [-0.4, -0.2) is 17.6 Å². The molecule has 1 saturated carbocycles. The van der Waals surface area contributed by atoms with Gasteiger partial charge >= 0.3 is 6.18 Å². The van der Waals surface area contributed by atoms with Crippen molar-refractivity contribution < 1.29 is 13.2 Å². The van der Waals surface area contributed by atoms with Gasteiger partial charge in [-0.1, -0.05) is 13.0 Å². The van der Waals surface area contributed by atoms with Crippen LogP contribution in [0.5, 0.6) is 0 Å². The lowest BCUT2D eigenvalue weighted by molar-refractivity contribution is -0.141. The summed E-state index contributed by atoms with van der Waals surface area (Å²) in [5, 5.41) is 3.42. The molecule has 1 atom stereocenters. The van der Waals surface area contributed by atoms with Crippen LogP contribution in [0.4, 0.5) is 13.2 Å². The lowest BCUT2D eigenvalue weighted by atomic mass is 10.1. The minimum atomic E-state index is -4.36. The second-order valence-corrected chi connectivity index (χ2v) is 5.11. The maximum Gasteiger partial charge on any atom is 0.433 e. The Balaban J connectivity index is 2.04. The first-order valence-electron chi connectivity index (χ1n) is 6.77. The first-order chi connectivity index (χ1) is 9.00. The number of halogens is 3. The molecule has 0 saturated heterocycles. The molecule has 1 unspecified atom stereocenters. The van der Waals surface area contributed by atoms with Crippen LogP contribution in [0, 0.1) is 5.92 Å². The topological polar surface area (TPSA) is 24.9 Å². The summed E-state index contributed by atoms with van der Waals surface area (Å²) in [6.45, 7) is 2.99. The van der Waals surface area contributed by atoms with E-state index < -0.39 is 11.9 Å². The van der Waals surface area contributed by atoms with Crippen molar-refractivity contribution in [1.29, 1.82) is 0 Å². The molecule has 0 amide bonds. The Hall–Kier alpha value is -1.10. The van der Waals surface area contributed by atoms with Gasteiger partial charge in [-0.05, 0) is 43.9 Å². The highest BCUT2D eigenvalue weighted by Crippen LogP contribution is 2.34. The van der Waals surface area contributed by atoms with Gasteiger partial charge in [0.05, 0.1) is 0 Å². The molecule has 1 heterocycles. The van der Waals surface area contributed by atoms with Crippen molar-refractivity contribution in [3.63, 3.8) is 0 Å². The number of hydrogen-bond donors (Lipinski definition) is 1. The number of alkyl halides is 3. The molecule has 19 heavy (non-hydrogen) atoms. The Bertz CT molecular complexity index is 413. The maximum atomic E-state index is 12.6. The number of rotatable bonds is 6. The summed E-state index contributed by atoms with van der Waals surface area (Å²) in [6, 6.07) is 4.40. The van der Waals surface area contributed by atoms with Gasteiger partial charge in [0, 0.05) is 18.2 Å². The van der Waals surface area contributed by atoms with Crippen molar-refractivity contribution in [2.45, 2.75) is 44.8 Å². The predicted molar refractivity (Wildman–Crippen MR) is 67.7 cm³/mol. The molecule has 1 aliphatic rings. The number of nitrogens with zero attached hydrogens (tertiary/aromatic N) is 1. The second-order valence-electron chi connectivity index (χ2n) is 5.11. The van der Waals surface area contributed by atoms with E-state index in [-0.39, 0.29) is 6.04 Å². The lowest BCUT2D eigenvalue weighted by Crippen LogP contribution is -2.34. The van der Waals surface area contributed by atoms with Crippen LogP contribution in [0.2, 0.25) is 0 Å². The van der Waals surface area contributed by atoms with Crippen LogP contribution >= 0.6 is 0 Å². The van der Waals surface area contributed by atoms with Crippen LogP contribution in [0.3, 0.4) is 0 Å². The SMILES string of the molecule is CCCNC(Cc1cccc(C(F)(F)F)n1)C1CC1. The summed E-state index contributed by atoms with van der Waals surface area (Å²) in [6.07, 6.45) is -0.420. The fourth-order valence-electron chi connectivity index (χ4n) is 2.21. The molecule has 5 heteroatoms. The van der Waals surface area contributed by atoms with Crippen LogP contribution in [0.25, 0.3) is 0 Å². The van der Waals surface area contributed by atoms with E-state index in [1.807, 2.05) is 0 Å². The fourth-order valence-corrected chi connectivity index (χ4v) is 2.21. The van der Waals surface area contributed by atoms with Crippen molar-refractivity contribution >= 4 is 0 Å². The molecule has 2 nitrogen and oxygen atoms in total. The first kappa shape index (κ1) is 14.3. The van der Waals surface area contributed by atoms with Crippen LogP contribution < -0.4 is 5.32 Å². The van der Waals surface area contributed by atoms with Gasteiger partial charge in [-0.25, -0.2) is 4.98 Å². The molecule has 0 bridgehead atoms. The smallest absolute Gasteiger partial charge is 0.313 e. The third-order valence-electron chi connectivity index (χ3n) is 3.37. The molecule has 1 aromatic heterocycles. The van der Waals surface area contributed by atoms with E-state index >= 15 is 0 Å². The zero-order chi connectivity index (χ0) is 13.9. The minimum absolute atomic E-state index is 0.260. The summed E-state index contributed by atoms with van der Waals surface area (Å²) in [4.78, 5) is 3.74. The van der Waals surface area contributed by atoms with E-state index in [9.17, 15) is 13.2 Å². The number of pyridine rings is 1. The zero-order valence-electron chi connectivity index (χ0n) is 11.0. The summed E-state index contributed by atoms with van der Waals surface area (Å²) in [7, 11) is 0. The molecule has 2 rings (SSSR count). The van der Waals surface area contributed by atoms with Crippen molar-refractivity contribution in [3.8, 4) is 0 Å². The molecule has 1 fully saturated rings. The standard InChI is InChI=1S/C14H19F3N2/c1-2-8-18-12(10-6-7-10)9-11-4-3-5-13(19-11)14(15,16)17/h3-5,10,12,18H,2,6-9H2,1H3. The van der Waals surface area contributed by atoms with Crippen LogP contribution in [0.15, 0.2) is 18.2 Å². The van der Waals surface area contributed by atoms with Gasteiger partial charge in [0.1, 0.15) is 5.69 Å². The monoisotopic (exact) mass is 272 g/mol. The molecule has 0 spiro atoms. The van der Waals surface area contributed by atoms with Crippen molar-refractivity contribution in [1.82, 2.24) is 10.3 Å². The third-order valence-corrected chi connectivity index (χ3v) is 3.37. The molecule has 0 aromatic carbocycles. The number of aromatic nitrogens is 1. The van der Waals surface area contributed by atoms with Crippen molar-refractivity contribution in [2.24, 2.45) is 5.92 Å². The van der Waals surface area contributed by atoms with E-state index in [0.717, 1.165) is 19.0 Å². The highest BCUT2D eigenvalue weighted by molar-refractivity contribution is 5.15. The average molecular weight is 272 g/mol. The summed E-state index contributed by atoms with van der Waals surface area (Å²) in [5.74, 6) is 0.600. The van der Waals surface area contributed by atoms with Crippen LogP contribution in [0.1, 0.15) is 37.6 Å². The zero-order valence-corrected chi connectivity index (χ0v) is 11.0. The minimum Gasteiger partial charge on any atom is -0.313 e. The Morgan fingerprint density at radius 2 is 2.11 bits per heavy atom. The lowest BCUT2D eigenvalue weighted by Gasteiger charge is -2.18.